The van der Waals surface area contributed by atoms with Crippen LogP contribution in [-0.4, -0.2) is 40.3 Å². The minimum absolute atomic E-state index is 0.0325. The van der Waals surface area contributed by atoms with Crippen LogP contribution in [0.2, 0.25) is 0 Å². The third-order valence-corrected chi connectivity index (χ3v) is 4.91. The zero-order valence-corrected chi connectivity index (χ0v) is 14.1. The molecule has 5 nitrogen and oxygen atoms in total. The Bertz CT molecular complexity index is 918. The van der Waals surface area contributed by atoms with E-state index in [1.165, 1.54) is 10.8 Å². The number of carbonyl (C=O) groups is 1. The second-order valence-corrected chi connectivity index (χ2v) is 6.65. The van der Waals surface area contributed by atoms with E-state index in [1.807, 2.05) is 12.1 Å². The van der Waals surface area contributed by atoms with Gasteiger partial charge in [0.1, 0.15) is 0 Å². The first-order valence-electron chi connectivity index (χ1n) is 8.51. The number of piperidine rings is 1. The summed E-state index contributed by atoms with van der Waals surface area (Å²) in [7, 11) is 0. The maximum Gasteiger partial charge on any atom is 0.292 e. The van der Waals surface area contributed by atoms with Crippen molar-refractivity contribution in [2.75, 3.05) is 13.1 Å². The normalized spacial score (nSPS) is 20.8. The molecule has 0 unspecified atom stereocenters. The van der Waals surface area contributed by atoms with Crippen molar-refractivity contribution < 1.29 is 14.4 Å². The number of aliphatic hydroxyl groups is 1. The first-order valence-corrected chi connectivity index (χ1v) is 8.51. The van der Waals surface area contributed by atoms with Crippen LogP contribution in [0, 0.1) is 6.92 Å². The fraction of sp³-hybridized carbons (Fsp3) is 0.300. The van der Waals surface area contributed by atoms with Gasteiger partial charge in [-0.1, -0.05) is 47.6 Å². The van der Waals surface area contributed by atoms with E-state index < -0.39 is 6.10 Å². The molecule has 25 heavy (non-hydrogen) atoms. The van der Waals surface area contributed by atoms with Gasteiger partial charge in [0.05, 0.1) is 11.8 Å². The van der Waals surface area contributed by atoms with Crippen molar-refractivity contribution in [3.63, 3.8) is 0 Å². The quantitative estimate of drug-likeness (QED) is 0.781. The summed E-state index contributed by atoms with van der Waals surface area (Å²) in [6, 6.07) is 16.1. The van der Waals surface area contributed by atoms with Crippen LogP contribution >= 0.6 is 0 Å². The number of rotatable bonds is 2. The number of hydrogen-bond donors (Lipinski definition) is 1. The van der Waals surface area contributed by atoms with Gasteiger partial charge in [-0.2, -0.15) is 0 Å². The number of fused-ring (bicyclic) bond motifs is 1. The molecule has 3 aromatic rings. The fourth-order valence-corrected chi connectivity index (χ4v) is 3.56. The van der Waals surface area contributed by atoms with Crippen LogP contribution in [0.1, 0.15) is 34.2 Å². The lowest BCUT2D eigenvalue weighted by Gasteiger charge is -2.35. The van der Waals surface area contributed by atoms with E-state index in [2.05, 4.69) is 35.5 Å². The zero-order chi connectivity index (χ0) is 17.4. The molecular weight excluding hydrogens is 316 g/mol. The van der Waals surface area contributed by atoms with E-state index in [4.69, 9.17) is 4.52 Å². The molecule has 2 atom stereocenters. The fourth-order valence-electron chi connectivity index (χ4n) is 3.56. The topological polar surface area (TPSA) is 66.6 Å². The van der Waals surface area contributed by atoms with E-state index in [0.717, 1.165) is 12.0 Å². The SMILES string of the molecule is Cc1cc(C(=O)N2CC[C@H](c3ccc4ccccc4c3)[C@@H](O)C2)on1. The summed E-state index contributed by atoms with van der Waals surface area (Å²) in [6.45, 7) is 2.67. The van der Waals surface area contributed by atoms with Gasteiger partial charge in [0.15, 0.2) is 0 Å². The summed E-state index contributed by atoms with van der Waals surface area (Å²) < 4.78 is 5.05. The van der Waals surface area contributed by atoms with Gasteiger partial charge in [0.2, 0.25) is 5.76 Å². The van der Waals surface area contributed by atoms with Crippen molar-refractivity contribution in [3.8, 4) is 0 Å². The highest BCUT2D eigenvalue weighted by molar-refractivity contribution is 5.91. The van der Waals surface area contributed by atoms with Crippen molar-refractivity contribution in [1.82, 2.24) is 10.1 Å². The monoisotopic (exact) mass is 336 g/mol. The molecule has 0 aliphatic carbocycles. The van der Waals surface area contributed by atoms with E-state index >= 15 is 0 Å². The predicted molar refractivity (Wildman–Crippen MR) is 94.5 cm³/mol. The molecular formula is C20H20N2O3. The van der Waals surface area contributed by atoms with Crippen molar-refractivity contribution in [1.29, 1.82) is 0 Å². The van der Waals surface area contributed by atoms with Gasteiger partial charge in [0, 0.05) is 25.1 Å². The number of hydrogen-bond acceptors (Lipinski definition) is 4. The average Bonchev–Trinajstić information content (AvgIpc) is 3.07. The van der Waals surface area contributed by atoms with Gasteiger partial charge in [0.25, 0.3) is 5.91 Å². The van der Waals surface area contributed by atoms with Gasteiger partial charge in [-0.3, -0.25) is 4.79 Å². The molecule has 1 saturated heterocycles. The molecule has 1 aliphatic rings. The highest BCUT2D eigenvalue weighted by atomic mass is 16.5. The number of likely N-dealkylation sites (tertiary alicyclic amines) is 1. The minimum atomic E-state index is -0.595. The third-order valence-electron chi connectivity index (χ3n) is 4.91. The Labute approximate surface area is 145 Å². The Morgan fingerprint density at radius 2 is 2.00 bits per heavy atom. The number of β-amino-alcohol motifs (C(OH)–C–C–N with tert-alkyl or cyclic N) is 1. The number of benzene rings is 2. The van der Waals surface area contributed by atoms with Gasteiger partial charge in [-0.25, -0.2) is 0 Å². The number of aromatic nitrogens is 1. The highest BCUT2D eigenvalue weighted by Gasteiger charge is 2.32. The van der Waals surface area contributed by atoms with Gasteiger partial charge >= 0.3 is 0 Å². The highest BCUT2D eigenvalue weighted by Crippen LogP contribution is 2.31. The smallest absolute Gasteiger partial charge is 0.292 e. The molecule has 1 N–H and O–H groups in total. The summed E-state index contributed by atoms with van der Waals surface area (Å²) in [4.78, 5) is 14.1. The molecule has 128 valence electrons. The summed E-state index contributed by atoms with van der Waals surface area (Å²) in [5.41, 5.74) is 1.80. The van der Waals surface area contributed by atoms with Crippen LogP contribution < -0.4 is 0 Å². The largest absolute Gasteiger partial charge is 0.391 e. The summed E-state index contributed by atoms with van der Waals surface area (Å²) in [5, 5.41) is 16.7. The number of nitrogens with zero attached hydrogens (tertiary/aromatic N) is 2. The van der Waals surface area contributed by atoms with E-state index in [-0.39, 0.29) is 17.6 Å². The van der Waals surface area contributed by atoms with E-state index in [0.29, 0.717) is 18.8 Å². The lowest BCUT2D eigenvalue weighted by atomic mass is 9.86. The van der Waals surface area contributed by atoms with Gasteiger partial charge in [-0.05, 0) is 29.7 Å². The molecule has 1 amide bonds. The Kier molecular flexibility index (Phi) is 4.01. The van der Waals surface area contributed by atoms with Crippen LogP contribution in [0.5, 0.6) is 0 Å². The van der Waals surface area contributed by atoms with Gasteiger partial charge < -0.3 is 14.5 Å². The molecule has 1 aliphatic heterocycles. The number of aliphatic hydroxyl groups excluding tert-OH is 1. The lowest BCUT2D eigenvalue weighted by molar-refractivity contribution is 0.0354. The number of carbonyl (C=O) groups excluding carboxylic acids is 1. The molecule has 4 rings (SSSR count). The predicted octanol–water partition coefficient (Wildman–Crippen LogP) is 3.13. The molecule has 2 aromatic carbocycles. The summed E-state index contributed by atoms with van der Waals surface area (Å²) in [6.07, 6.45) is 0.126. The summed E-state index contributed by atoms with van der Waals surface area (Å²) in [5.74, 6) is 0.0515. The number of amides is 1. The van der Waals surface area contributed by atoms with Crippen LogP contribution in [0.15, 0.2) is 53.1 Å². The first-order chi connectivity index (χ1) is 12.1. The Balaban J connectivity index is 1.51. The summed E-state index contributed by atoms with van der Waals surface area (Å²) >= 11 is 0. The lowest BCUT2D eigenvalue weighted by Crippen LogP contribution is -2.45. The second kappa shape index (κ2) is 6.33. The maximum absolute atomic E-state index is 12.5. The zero-order valence-electron chi connectivity index (χ0n) is 14.1. The van der Waals surface area contributed by atoms with Crippen LogP contribution in [0.25, 0.3) is 10.8 Å². The standard InChI is InChI=1S/C20H20N2O3/c1-13-10-19(25-21-13)20(24)22-9-8-17(18(23)12-22)16-7-6-14-4-2-3-5-15(14)11-16/h2-7,10-11,17-18,23H,8-9,12H2,1H3/t17-,18+/m1/s1. The van der Waals surface area contributed by atoms with Crippen molar-refractivity contribution >= 4 is 16.7 Å². The molecule has 5 heteroatoms. The van der Waals surface area contributed by atoms with E-state index in [9.17, 15) is 9.90 Å². The van der Waals surface area contributed by atoms with Crippen molar-refractivity contribution in [3.05, 3.63) is 65.5 Å². The Morgan fingerprint density at radius 3 is 2.72 bits per heavy atom. The molecule has 2 heterocycles. The van der Waals surface area contributed by atoms with Gasteiger partial charge in [-0.15, -0.1) is 0 Å². The molecule has 1 fully saturated rings. The number of aryl methyl sites for hydroxylation is 1. The average molecular weight is 336 g/mol. The molecule has 0 saturated carbocycles. The Morgan fingerprint density at radius 1 is 1.20 bits per heavy atom. The van der Waals surface area contributed by atoms with Crippen molar-refractivity contribution in [2.45, 2.75) is 25.4 Å². The van der Waals surface area contributed by atoms with Crippen LogP contribution in [-0.2, 0) is 0 Å². The minimum Gasteiger partial charge on any atom is -0.391 e. The van der Waals surface area contributed by atoms with E-state index in [1.54, 1.807) is 17.9 Å². The van der Waals surface area contributed by atoms with Crippen molar-refractivity contribution in [2.24, 2.45) is 0 Å². The third kappa shape index (κ3) is 3.03. The Hall–Kier alpha value is -2.66. The molecule has 1 aromatic heterocycles. The second-order valence-electron chi connectivity index (χ2n) is 6.65. The van der Waals surface area contributed by atoms with Crippen LogP contribution in [0.4, 0.5) is 0 Å². The van der Waals surface area contributed by atoms with Crippen LogP contribution in [0.3, 0.4) is 0 Å². The molecule has 0 bridgehead atoms. The maximum atomic E-state index is 12.5. The molecule has 0 spiro atoms. The molecule has 0 radical (unpaired) electrons. The first kappa shape index (κ1) is 15.8.